The van der Waals surface area contributed by atoms with Crippen LogP contribution in [0.1, 0.15) is 33.1 Å². The molecule has 0 saturated carbocycles. The van der Waals surface area contributed by atoms with Crippen LogP contribution in [0, 0.1) is 0 Å². The topological polar surface area (TPSA) is 51.2 Å². The number of para-hydroxylation sites is 1. The normalized spacial score (nSPS) is 23.3. The summed E-state index contributed by atoms with van der Waals surface area (Å²) in [6.45, 7) is 5.30. The molecule has 23 heavy (non-hydrogen) atoms. The lowest BCUT2D eigenvalue weighted by Gasteiger charge is -2.40. The molecular formula is C18H29NO4. The highest BCUT2D eigenvalue weighted by Crippen LogP contribution is 2.36. The Morgan fingerprint density at radius 3 is 2.22 bits per heavy atom. The van der Waals surface area contributed by atoms with Crippen LogP contribution in [0.3, 0.4) is 0 Å². The zero-order chi connectivity index (χ0) is 16.8. The van der Waals surface area contributed by atoms with Gasteiger partial charge in [0.1, 0.15) is 12.7 Å². The average Bonchev–Trinajstić information content (AvgIpc) is 2.56. The second kappa shape index (κ2) is 8.41. The fourth-order valence-corrected chi connectivity index (χ4v) is 3.27. The maximum absolute atomic E-state index is 10.4. The summed E-state index contributed by atoms with van der Waals surface area (Å²) in [5.41, 5.74) is 0. The Hall–Kier alpha value is -1.46. The van der Waals surface area contributed by atoms with E-state index in [0.29, 0.717) is 35.9 Å². The number of ether oxygens (including phenoxy) is 3. The summed E-state index contributed by atoms with van der Waals surface area (Å²) in [5, 5.41) is 10.4. The van der Waals surface area contributed by atoms with Crippen molar-refractivity contribution in [2.24, 2.45) is 0 Å². The Bertz CT molecular complexity index is 462. The highest BCUT2D eigenvalue weighted by Gasteiger charge is 2.26. The minimum atomic E-state index is -0.549. The second-order valence-corrected chi connectivity index (χ2v) is 6.28. The van der Waals surface area contributed by atoms with Gasteiger partial charge in [0.15, 0.2) is 11.5 Å². The van der Waals surface area contributed by atoms with Crippen LogP contribution in [0.15, 0.2) is 18.2 Å². The standard InChI is InChI=1S/C18H29NO4/c1-13-7-5-8-14(2)19(13)11-15(20)12-23-18-16(21-3)9-6-10-17(18)22-4/h6,9-10,13-15,20H,5,7-8,11-12H2,1-4H3/t13-,14+,15-/m1/s1. The molecule has 5 heteroatoms. The van der Waals surface area contributed by atoms with Gasteiger partial charge in [-0.2, -0.15) is 0 Å². The van der Waals surface area contributed by atoms with E-state index in [1.165, 1.54) is 19.3 Å². The van der Waals surface area contributed by atoms with Crippen molar-refractivity contribution in [1.29, 1.82) is 0 Å². The molecular weight excluding hydrogens is 294 g/mol. The number of piperidine rings is 1. The van der Waals surface area contributed by atoms with Crippen LogP contribution in [-0.2, 0) is 0 Å². The molecule has 0 unspecified atom stereocenters. The van der Waals surface area contributed by atoms with Crippen LogP contribution >= 0.6 is 0 Å². The predicted molar refractivity (Wildman–Crippen MR) is 90.5 cm³/mol. The first-order chi connectivity index (χ1) is 11.1. The summed E-state index contributed by atoms with van der Waals surface area (Å²) in [7, 11) is 3.18. The molecule has 1 aliphatic rings. The zero-order valence-corrected chi connectivity index (χ0v) is 14.6. The highest BCUT2D eigenvalue weighted by atomic mass is 16.5. The number of hydrogen-bond donors (Lipinski definition) is 1. The Balaban J connectivity index is 1.95. The lowest BCUT2D eigenvalue weighted by Crippen LogP contribution is -2.48. The summed E-state index contributed by atoms with van der Waals surface area (Å²) in [6.07, 6.45) is 3.10. The maximum atomic E-state index is 10.4. The van der Waals surface area contributed by atoms with Crippen LogP contribution in [0.5, 0.6) is 17.2 Å². The molecule has 1 heterocycles. The Labute approximate surface area is 139 Å². The molecule has 1 fully saturated rings. The Morgan fingerprint density at radius 1 is 1.13 bits per heavy atom. The number of methoxy groups -OCH3 is 2. The van der Waals surface area contributed by atoms with Crippen molar-refractivity contribution in [2.45, 2.75) is 51.3 Å². The first-order valence-corrected chi connectivity index (χ1v) is 8.34. The van der Waals surface area contributed by atoms with Crippen LogP contribution in [0.4, 0.5) is 0 Å². The van der Waals surface area contributed by atoms with Crippen molar-refractivity contribution in [3.63, 3.8) is 0 Å². The van der Waals surface area contributed by atoms with Crippen molar-refractivity contribution in [3.8, 4) is 17.2 Å². The molecule has 0 aromatic heterocycles. The first kappa shape index (κ1) is 17.9. The van der Waals surface area contributed by atoms with Crippen molar-refractivity contribution >= 4 is 0 Å². The fraction of sp³-hybridized carbons (Fsp3) is 0.667. The molecule has 5 nitrogen and oxygen atoms in total. The molecule has 0 bridgehead atoms. The fourth-order valence-electron chi connectivity index (χ4n) is 3.27. The summed E-state index contributed by atoms with van der Waals surface area (Å²) in [5.74, 6) is 1.75. The predicted octanol–water partition coefficient (Wildman–Crippen LogP) is 2.71. The van der Waals surface area contributed by atoms with Crippen molar-refractivity contribution in [2.75, 3.05) is 27.4 Å². The lowest BCUT2D eigenvalue weighted by molar-refractivity contribution is 0.0200. The van der Waals surface area contributed by atoms with Gasteiger partial charge in [0.2, 0.25) is 5.75 Å². The Kier molecular flexibility index (Phi) is 6.54. The molecule has 0 aliphatic carbocycles. The third-order valence-corrected chi connectivity index (χ3v) is 4.60. The van der Waals surface area contributed by atoms with Crippen molar-refractivity contribution < 1.29 is 19.3 Å². The zero-order valence-electron chi connectivity index (χ0n) is 14.6. The lowest BCUT2D eigenvalue weighted by atomic mass is 9.97. The van der Waals surface area contributed by atoms with Gasteiger partial charge in [0, 0.05) is 18.6 Å². The molecule has 1 saturated heterocycles. The van der Waals surface area contributed by atoms with E-state index in [9.17, 15) is 5.11 Å². The number of aliphatic hydroxyl groups excluding tert-OH is 1. The first-order valence-electron chi connectivity index (χ1n) is 8.34. The van der Waals surface area contributed by atoms with Gasteiger partial charge in [-0.1, -0.05) is 12.5 Å². The summed E-state index contributed by atoms with van der Waals surface area (Å²) < 4.78 is 16.4. The van der Waals surface area contributed by atoms with Gasteiger partial charge in [-0.05, 0) is 38.8 Å². The van der Waals surface area contributed by atoms with E-state index in [1.807, 2.05) is 18.2 Å². The Morgan fingerprint density at radius 2 is 1.70 bits per heavy atom. The van der Waals surface area contributed by atoms with Crippen LogP contribution in [-0.4, -0.2) is 55.6 Å². The van der Waals surface area contributed by atoms with E-state index in [1.54, 1.807) is 14.2 Å². The van der Waals surface area contributed by atoms with Crippen LogP contribution in [0.2, 0.25) is 0 Å². The molecule has 0 radical (unpaired) electrons. The van der Waals surface area contributed by atoms with Gasteiger partial charge in [-0.25, -0.2) is 0 Å². The summed E-state index contributed by atoms with van der Waals surface area (Å²) >= 11 is 0. The smallest absolute Gasteiger partial charge is 0.203 e. The van der Waals surface area contributed by atoms with Crippen LogP contribution < -0.4 is 14.2 Å². The van der Waals surface area contributed by atoms with E-state index in [-0.39, 0.29) is 6.61 Å². The number of benzene rings is 1. The van der Waals surface area contributed by atoms with E-state index >= 15 is 0 Å². The minimum Gasteiger partial charge on any atom is -0.493 e. The number of nitrogens with zero attached hydrogens (tertiary/aromatic N) is 1. The average molecular weight is 323 g/mol. The number of hydrogen-bond acceptors (Lipinski definition) is 5. The molecule has 1 N–H and O–H groups in total. The van der Waals surface area contributed by atoms with Gasteiger partial charge < -0.3 is 19.3 Å². The second-order valence-electron chi connectivity index (χ2n) is 6.28. The van der Waals surface area contributed by atoms with Crippen molar-refractivity contribution in [1.82, 2.24) is 4.90 Å². The molecule has 2 rings (SSSR count). The molecule has 0 amide bonds. The number of β-amino-alcohol motifs (C(OH)–C–C–N with tert-alkyl or cyclic N) is 1. The van der Waals surface area contributed by atoms with Crippen LogP contribution in [0.25, 0.3) is 0 Å². The van der Waals surface area contributed by atoms with E-state index in [2.05, 4.69) is 18.7 Å². The quantitative estimate of drug-likeness (QED) is 0.836. The number of aliphatic hydroxyl groups is 1. The molecule has 1 aliphatic heterocycles. The molecule has 1 aromatic rings. The molecule has 1 aromatic carbocycles. The van der Waals surface area contributed by atoms with Gasteiger partial charge in [0.05, 0.1) is 14.2 Å². The van der Waals surface area contributed by atoms with Gasteiger partial charge >= 0.3 is 0 Å². The van der Waals surface area contributed by atoms with E-state index in [4.69, 9.17) is 14.2 Å². The summed E-state index contributed by atoms with van der Waals surface area (Å²) in [4.78, 5) is 2.37. The monoisotopic (exact) mass is 323 g/mol. The third kappa shape index (κ3) is 4.52. The van der Waals surface area contributed by atoms with E-state index in [0.717, 1.165) is 0 Å². The van der Waals surface area contributed by atoms with E-state index < -0.39 is 6.10 Å². The maximum Gasteiger partial charge on any atom is 0.203 e. The SMILES string of the molecule is COc1cccc(OC)c1OC[C@H](O)CN1[C@H](C)CCC[C@@H]1C. The van der Waals surface area contributed by atoms with Gasteiger partial charge in [-0.15, -0.1) is 0 Å². The number of rotatable bonds is 7. The minimum absolute atomic E-state index is 0.215. The van der Waals surface area contributed by atoms with Gasteiger partial charge in [-0.3, -0.25) is 4.90 Å². The molecule has 3 atom stereocenters. The highest BCUT2D eigenvalue weighted by molar-refractivity contribution is 5.51. The largest absolute Gasteiger partial charge is 0.493 e. The third-order valence-electron chi connectivity index (χ3n) is 4.60. The van der Waals surface area contributed by atoms with Crippen molar-refractivity contribution in [3.05, 3.63) is 18.2 Å². The van der Waals surface area contributed by atoms with Gasteiger partial charge in [0.25, 0.3) is 0 Å². The molecule has 130 valence electrons. The molecule has 0 spiro atoms. The summed E-state index contributed by atoms with van der Waals surface area (Å²) in [6, 6.07) is 6.50. The number of likely N-dealkylation sites (tertiary alicyclic amines) is 1.